The summed E-state index contributed by atoms with van der Waals surface area (Å²) in [7, 11) is 0. The van der Waals surface area contributed by atoms with Crippen LogP contribution in [0.1, 0.15) is 5.56 Å². The highest BCUT2D eigenvalue weighted by molar-refractivity contribution is 5.16. The Morgan fingerprint density at radius 1 is 1.27 bits per heavy atom. The molecule has 0 atom stereocenters. The molecule has 60 valence electrons. The van der Waals surface area contributed by atoms with Crippen LogP contribution in [0, 0.1) is 5.82 Å². The Morgan fingerprint density at radius 3 is 2.64 bits per heavy atom. The second-order valence-electron chi connectivity index (χ2n) is 2.15. The van der Waals surface area contributed by atoms with Crippen LogP contribution in [0.4, 0.5) is 8.78 Å². The van der Waals surface area contributed by atoms with Gasteiger partial charge >= 0.3 is 0 Å². The first-order valence-corrected chi connectivity index (χ1v) is 3.34. The van der Waals surface area contributed by atoms with Crippen molar-refractivity contribution in [1.29, 1.82) is 0 Å². The van der Waals surface area contributed by atoms with Gasteiger partial charge in [0.05, 0.1) is 0 Å². The molecule has 0 aliphatic rings. The van der Waals surface area contributed by atoms with Crippen LogP contribution in [0.3, 0.4) is 0 Å². The summed E-state index contributed by atoms with van der Waals surface area (Å²) >= 11 is 0. The lowest BCUT2D eigenvalue weighted by atomic mass is 10.2. The molecule has 0 heterocycles. The van der Waals surface area contributed by atoms with Crippen molar-refractivity contribution in [3.8, 4) is 0 Å². The van der Waals surface area contributed by atoms with Gasteiger partial charge in [-0.15, -0.1) is 0 Å². The number of rotatable bonds is 3. The Hall–Kier alpha value is -0.960. The van der Waals surface area contributed by atoms with E-state index in [1.807, 2.05) is 0 Å². The molecule has 1 aromatic rings. The van der Waals surface area contributed by atoms with Gasteiger partial charge < -0.3 is 0 Å². The lowest BCUT2D eigenvalue weighted by Crippen LogP contribution is -2.11. The van der Waals surface area contributed by atoms with Crippen molar-refractivity contribution in [2.75, 3.05) is 6.80 Å². The zero-order valence-electron chi connectivity index (χ0n) is 5.98. The summed E-state index contributed by atoms with van der Waals surface area (Å²) in [5.41, 5.74) is 0.491. The number of alkyl halides is 1. The van der Waals surface area contributed by atoms with E-state index in [-0.39, 0.29) is 12.4 Å². The van der Waals surface area contributed by atoms with Gasteiger partial charge in [-0.3, -0.25) is 5.32 Å². The molecular weight excluding hydrogens is 148 g/mol. The summed E-state index contributed by atoms with van der Waals surface area (Å²) in [4.78, 5) is 0. The maximum Gasteiger partial charge on any atom is 0.140 e. The first-order chi connectivity index (χ1) is 5.34. The Kier molecular flexibility index (Phi) is 2.98. The third kappa shape index (κ3) is 2.27. The summed E-state index contributed by atoms with van der Waals surface area (Å²) in [6.07, 6.45) is 0. The molecule has 0 radical (unpaired) electrons. The Morgan fingerprint density at radius 2 is 2.00 bits per heavy atom. The Bertz CT molecular complexity index is 225. The predicted octanol–water partition coefficient (Wildman–Crippen LogP) is 1.84. The highest BCUT2D eigenvalue weighted by atomic mass is 19.1. The van der Waals surface area contributed by atoms with Gasteiger partial charge in [-0.25, -0.2) is 8.78 Å². The maximum absolute atomic E-state index is 12.8. The molecule has 11 heavy (non-hydrogen) atoms. The summed E-state index contributed by atoms with van der Waals surface area (Å²) < 4.78 is 24.3. The van der Waals surface area contributed by atoms with Gasteiger partial charge in [-0.2, -0.15) is 0 Å². The highest BCUT2D eigenvalue weighted by Gasteiger charge is 1.97. The predicted molar refractivity (Wildman–Crippen MR) is 39.2 cm³/mol. The zero-order valence-corrected chi connectivity index (χ0v) is 5.98. The van der Waals surface area contributed by atoms with Crippen molar-refractivity contribution in [2.24, 2.45) is 0 Å². The van der Waals surface area contributed by atoms with Crippen molar-refractivity contribution < 1.29 is 8.78 Å². The topological polar surface area (TPSA) is 12.0 Å². The van der Waals surface area contributed by atoms with Crippen LogP contribution in [-0.2, 0) is 6.54 Å². The third-order valence-electron chi connectivity index (χ3n) is 1.37. The number of hydrogen-bond acceptors (Lipinski definition) is 1. The quantitative estimate of drug-likeness (QED) is 0.660. The van der Waals surface area contributed by atoms with Crippen LogP contribution in [0.25, 0.3) is 0 Å². The van der Waals surface area contributed by atoms with E-state index in [1.54, 1.807) is 18.2 Å². The number of halogens is 2. The molecule has 0 aromatic heterocycles. The smallest absolute Gasteiger partial charge is 0.140 e. The molecule has 0 aliphatic carbocycles. The third-order valence-corrected chi connectivity index (χ3v) is 1.37. The molecule has 3 heteroatoms. The number of nitrogens with one attached hydrogen (secondary N) is 1. The van der Waals surface area contributed by atoms with Crippen molar-refractivity contribution in [2.45, 2.75) is 6.54 Å². The fourth-order valence-electron chi connectivity index (χ4n) is 0.824. The largest absolute Gasteiger partial charge is 0.286 e. The molecule has 1 aromatic carbocycles. The molecule has 0 unspecified atom stereocenters. The maximum atomic E-state index is 12.8. The molecule has 0 spiro atoms. The van der Waals surface area contributed by atoms with E-state index in [0.29, 0.717) is 5.56 Å². The van der Waals surface area contributed by atoms with E-state index < -0.39 is 6.80 Å². The second-order valence-corrected chi connectivity index (χ2v) is 2.15. The minimum atomic E-state index is -0.631. The van der Waals surface area contributed by atoms with Crippen molar-refractivity contribution in [3.05, 3.63) is 35.6 Å². The van der Waals surface area contributed by atoms with E-state index in [9.17, 15) is 8.78 Å². The molecule has 1 rings (SSSR count). The first kappa shape index (κ1) is 8.14. The van der Waals surface area contributed by atoms with Crippen molar-refractivity contribution in [1.82, 2.24) is 5.32 Å². The number of benzene rings is 1. The number of hydrogen-bond donors (Lipinski definition) is 1. The van der Waals surface area contributed by atoms with Gasteiger partial charge in [0.1, 0.15) is 12.6 Å². The lowest BCUT2D eigenvalue weighted by molar-refractivity contribution is 0.421. The van der Waals surface area contributed by atoms with Gasteiger partial charge in [0.25, 0.3) is 0 Å². The minimum absolute atomic E-state index is 0.239. The molecule has 1 nitrogen and oxygen atoms in total. The normalized spacial score (nSPS) is 10.0. The molecule has 0 fully saturated rings. The molecular formula is C8H9F2N. The van der Waals surface area contributed by atoms with E-state index in [2.05, 4.69) is 5.32 Å². The zero-order chi connectivity index (χ0) is 8.10. The second kappa shape index (κ2) is 4.03. The standard InChI is InChI=1S/C8H9F2N/c9-6-11-5-7-3-1-2-4-8(7)10/h1-4,11H,5-6H2. The molecule has 0 saturated carbocycles. The van der Waals surface area contributed by atoms with Crippen LogP contribution in [0.2, 0.25) is 0 Å². The highest BCUT2D eigenvalue weighted by Crippen LogP contribution is 2.04. The van der Waals surface area contributed by atoms with Crippen LogP contribution in [0.15, 0.2) is 24.3 Å². The van der Waals surface area contributed by atoms with Crippen LogP contribution >= 0.6 is 0 Å². The van der Waals surface area contributed by atoms with Gasteiger partial charge in [0.15, 0.2) is 0 Å². The average molecular weight is 157 g/mol. The van der Waals surface area contributed by atoms with E-state index in [0.717, 1.165) is 0 Å². The SMILES string of the molecule is FCNCc1ccccc1F. The van der Waals surface area contributed by atoms with Gasteiger partial charge in [-0.1, -0.05) is 18.2 Å². The van der Waals surface area contributed by atoms with Gasteiger partial charge in [-0.05, 0) is 6.07 Å². The summed E-state index contributed by atoms with van der Waals surface area (Å²) in [6, 6.07) is 6.31. The summed E-state index contributed by atoms with van der Waals surface area (Å²) in [6.45, 7) is -0.391. The summed E-state index contributed by atoms with van der Waals surface area (Å²) in [5, 5.41) is 2.40. The van der Waals surface area contributed by atoms with Crippen molar-refractivity contribution in [3.63, 3.8) is 0 Å². The van der Waals surface area contributed by atoms with E-state index >= 15 is 0 Å². The fraction of sp³-hybridized carbons (Fsp3) is 0.250. The van der Waals surface area contributed by atoms with E-state index in [1.165, 1.54) is 6.07 Å². The van der Waals surface area contributed by atoms with Gasteiger partial charge in [0.2, 0.25) is 0 Å². The summed E-state index contributed by atoms with van der Waals surface area (Å²) in [5.74, 6) is -0.298. The molecule has 0 saturated heterocycles. The average Bonchev–Trinajstić information content (AvgIpc) is 2.03. The fourth-order valence-corrected chi connectivity index (χ4v) is 0.824. The van der Waals surface area contributed by atoms with Crippen LogP contribution < -0.4 is 5.32 Å². The monoisotopic (exact) mass is 157 g/mol. The Labute approximate surface area is 64.0 Å². The molecule has 1 N–H and O–H groups in total. The Balaban J connectivity index is 2.62. The van der Waals surface area contributed by atoms with Crippen LogP contribution in [0.5, 0.6) is 0 Å². The van der Waals surface area contributed by atoms with E-state index in [4.69, 9.17) is 0 Å². The minimum Gasteiger partial charge on any atom is -0.286 e. The van der Waals surface area contributed by atoms with Gasteiger partial charge in [0, 0.05) is 12.1 Å². The molecule has 0 aliphatic heterocycles. The molecule has 0 amide bonds. The van der Waals surface area contributed by atoms with Crippen molar-refractivity contribution >= 4 is 0 Å². The van der Waals surface area contributed by atoms with Crippen LogP contribution in [-0.4, -0.2) is 6.80 Å². The first-order valence-electron chi connectivity index (χ1n) is 3.34. The molecule has 0 bridgehead atoms. The lowest BCUT2D eigenvalue weighted by Gasteiger charge is -2.00.